The highest BCUT2D eigenvalue weighted by Gasteiger charge is 2.19. The molecular weight excluding hydrogens is 363 g/mol. The molecule has 0 fully saturated rings. The summed E-state index contributed by atoms with van der Waals surface area (Å²) in [7, 11) is 0. The number of hydrogen-bond acceptors (Lipinski definition) is 6. The van der Waals surface area contributed by atoms with Gasteiger partial charge >= 0.3 is 0 Å². The highest BCUT2D eigenvalue weighted by atomic mass is 32.1. The number of fused-ring (bicyclic) bond motifs is 1. The third kappa shape index (κ3) is 5.40. The number of halogens is 1. The molecule has 0 spiro atoms. The number of benzene rings is 1. The van der Waals surface area contributed by atoms with Crippen molar-refractivity contribution >= 4 is 31.0 Å². The second-order valence-electron chi connectivity index (χ2n) is 5.88. The second kappa shape index (κ2) is 10.5. The number of carbonyl (C=O) groups excluding carboxylic acids is 1. The summed E-state index contributed by atoms with van der Waals surface area (Å²) in [6, 6.07) is 5.74. The van der Waals surface area contributed by atoms with E-state index in [4.69, 9.17) is 5.73 Å². The summed E-state index contributed by atoms with van der Waals surface area (Å²) in [5.41, 5.74) is 10.3. The standard InChI is InChI=1S/C14H13FN2S.C6H10N2O/c15-13-8-16-7-6-11(13)12-5-4-9-2-1-3-10(9)14(12)17-18;1-2-8-4-3-6(7)5-9/h4-8,17-18H,1-3H2;3-5H,2,7H2,1H3/b;6-3-,8-4?. The number of thiol groups is 1. The number of anilines is 1. The van der Waals surface area contributed by atoms with Gasteiger partial charge in [-0.1, -0.05) is 24.9 Å². The van der Waals surface area contributed by atoms with E-state index in [9.17, 15) is 9.18 Å². The van der Waals surface area contributed by atoms with Gasteiger partial charge in [-0.3, -0.25) is 14.8 Å². The highest BCUT2D eigenvalue weighted by Crippen LogP contribution is 2.38. The minimum Gasteiger partial charge on any atom is -0.396 e. The third-order valence-corrected chi connectivity index (χ3v) is 4.37. The van der Waals surface area contributed by atoms with E-state index in [0.29, 0.717) is 18.4 Å². The van der Waals surface area contributed by atoms with Gasteiger partial charge < -0.3 is 10.5 Å². The number of nitrogens with one attached hydrogen (secondary N) is 1. The molecule has 3 rings (SSSR count). The Bertz CT molecular complexity index is 852. The van der Waals surface area contributed by atoms with E-state index < -0.39 is 0 Å². The molecule has 2 aromatic rings. The fraction of sp³-hybridized carbons (Fsp3) is 0.250. The Morgan fingerprint density at radius 2 is 2.19 bits per heavy atom. The van der Waals surface area contributed by atoms with Gasteiger partial charge in [0.05, 0.1) is 17.6 Å². The molecule has 7 heteroatoms. The van der Waals surface area contributed by atoms with Gasteiger partial charge in [0.25, 0.3) is 0 Å². The average Bonchev–Trinajstić information content (AvgIpc) is 3.17. The number of carbonyl (C=O) groups is 1. The van der Waals surface area contributed by atoms with Crippen LogP contribution in [0.3, 0.4) is 0 Å². The first-order valence-corrected chi connectivity index (χ1v) is 9.12. The Labute approximate surface area is 164 Å². The monoisotopic (exact) mass is 386 g/mol. The lowest BCUT2D eigenvalue weighted by atomic mass is 9.98. The van der Waals surface area contributed by atoms with Gasteiger partial charge in [0.15, 0.2) is 6.29 Å². The molecule has 0 radical (unpaired) electrons. The maximum absolute atomic E-state index is 13.8. The number of nitrogens with zero attached hydrogens (tertiary/aromatic N) is 2. The highest BCUT2D eigenvalue weighted by molar-refractivity contribution is 7.81. The lowest BCUT2D eigenvalue weighted by Gasteiger charge is -2.14. The summed E-state index contributed by atoms with van der Waals surface area (Å²) in [4.78, 5) is 17.4. The molecule has 0 unspecified atom stereocenters. The molecule has 1 aliphatic carbocycles. The van der Waals surface area contributed by atoms with Gasteiger partial charge in [-0.2, -0.15) is 0 Å². The summed E-state index contributed by atoms with van der Waals surface area (Å²) in [6.07, 6.45) is 9.69. The Balaban J connectivity index is 0.000000249. The van der Waals surface area contributed by atoms with Gasteiger partial charge in [-0.25, -0.2) is 4.39 Å². The molecule has 1 heterocycles. The van der Waals surface area contributed by atoms with Crippen molar-refractivity contribution in [1.29, 1.82) is 0 Å². The van der Waals surface area contributed by atoms with E-state index in [0.717, 1.165) is 30.5 Å². The Morgan fingerprint density at radius 3 is 2.85 bits per heavy atom. The van der Waals surface area contributed by atoms with Crippen molar-refractivity contribution in [2.24, 2.45) is 10.7 Å². The van der Waals surface area contributed by atoms with Crippen LogP contribution < -0.4 is 10.5 Å². The number of aliphatic imine (C=N–C) groups is 1. The zero-order valence-corrected chi connectivity index (χ0v) is 16.0. The van der Waals surface area contributed by atoms with E-state index in [1.807, 2.05) is 13.0 Å². The van der Waals surface area contributed by atoms with E-state index in [2.05, 4.69) is 33.6 Å². The van der Waals surface area contributed by atoms with Crippen LogP contribution in [0.2, 0.25) is 0 Å². The largest absolute Gasteiger partial charge is 0.396 e. The molecule has 0 amide bonds. The van der Waals surface area contributed by atoms with E-state index in [1.54, 1.807) is 12.3 Å². The molecule has 142 valence electrons. The van der Waals surface area contributed by atoms with E-state index >= 15 is 0 Å². The normalized spacial score (nSPS) is 13.1. The lowest BCUT2D eigenvalue weighted by Crippen LogP contribution is -1.97. The zero-order chi connectivity index (χ0) is 19.6. The topological polar surface area (TPSA) is 80.4 Å². The predicted molar refractivity (Wildman–Crippen MR) is 112 cm³/mol. The van der Waals surface area contributed by atoms with Gasteiger partial charge in [0, 0.05) is 30.1 Å². The molecular formula is C20H23FN4OS. The number of allylic oxidation sites excluding steroid dienone is 2. The van der Waals surface area contributed by atoms with Crippen LogP contribution in [0.15, 0.2) is 47.4 Å². The molecule has 1 aliphatic rings. The summed E-state index contributed by atoms with van der Waals surface area (Å²) in [5, 5.41) is 0. The predicted octanol–water partition coefficient (Wildman–Crippen LogP) is 3.75. The van der Waals surface area contributed by atoms with Crippen LogP contribution in [0.4, 0.5) is 10.1 Å². The van der Waals surface area contributed by atoms with Crippen LogP contribution in [0.25, 0.3) is 11.1 Å². The fourth-order valence-electron chi connectivity index (χ4n) is 2.90. The van der Waals surface area contributed by atoms with E-state index in [1.165, 1.54) is 29.6 Å². The van der Waals surface area contributed by atoms with Crippen molar-refractivity contribution in [2.45, 2.75) is 26.2 Å². The van der Waals surface area contributed by atoms with Gasteiger partial charge in [0.1, 0.15) is 5.82 Å². The average molecular weight is 386 g/mol. The van der Waals surface area contributed by atoms with Crippen LogP contribution in [0.1, 0.15) is 24.5 Å². The molecule has 1 aromatic heterocycles. The molecule has 3 N–H and O–H groups in total. The van der Waals surface area contributed by atoms with Gasteiger partial charge in [-0.05, 0) is 49.5 Å². The first-order chi connectivity index (χ1) is 13.1. The smallest absolute Gasteiger partial charge is 0.165 e. The van der Waals surface area contributed by atoms with Crippen molar-refractivity contribution in [3.63, 3.8) is 0 Å². The maximum Gasteiger partial charge on any atom is 0.165 e. The summed E-state index contributed by atoms with van der Waals surface area (Å²) in [6.45, 7) is 2.62. The molecule has 5 nitrogen and oxygen atoms in total. The zero-order valence-electron chi connectivity index (χ0n) is 15.2. The van der Waals surface area contributed by atoms with Crippen LogP contribution >= 0.6 is 12.8 Å². The minimum absolute atomic E-state index is 0.201. The first-order valence-electron chi connectivity index (χ1n) is 8.67. The van der Waals surface area contributed by atoms with Crippen LogP contribution in [-0.4, -0.2) is 24.0 Å². The van der Waals surface area contributed by atoms with Crippen LogP contribution in [-0.2, 0) is 17.6 Å². The molecule has 0 saturated carbocycles. The molecule has 0 bridgehead atoms. The molecule has 0 atom stereocenters. The Kier molecular flexibility index (Phi) is 8.00. The van der Waals surface area contributed by atoms with Crippen molar-refractivity contribution in [3.8, 4) is 11.1 Å². The second-order valence-corrected chi connectivity index (χ2v) is 6.10. The van der Waals surface area contributed by atoms with Crippen molar-refractivity contribution in [3.05, 3.63) is 59.3 Å². The maximum atomic E-state index is 13.8. The number of aromatic nitrogens is 1. The molecule has 0 aliphatic heterocycles. The van der Waals surface area contributed by atoms with Gasteiger partial charge in [0.2, 0.25) is 0 Å². The molecule has 1 aromatic carbocycles. The van der Waals surface area contributed by atoms with Crippen LogP contribution in [0.5, 0.6) is 0 Å². The van der Waals surface area contributed by atoms with Crippen LogP contribution in [0, 0.1) is 5.82 Å². The summed E-state index contributed by atoms with van der Waals surface area (Å²) in [5.74, 6) is -0.305. The number of rotatable bonds is 5. The van der Waals surface area contributed by atoms with Crippen molar-refractivity contribution < 1.29 is 9.18 Å². The Morgan fingerprint density at radius 1 is 1.37 bits per heavy atom. The number of nitrogens with two attached hydrogens (primary N) is 1. The summed E-state index contributed by atoms with van der Waals surface area (Å²) >= 11 is 4.17. The first kappa shape index (κ1) is 20.6. The van der Waals surface area contributed by atoms with E-state index in [-0.39, 0.29) is 11.5 Å². The van der Waals surface area contributed by atoms with Crippen molar-refractivity contribution in [2.75, 3.05) is 11.3 Å². The molecule has 0 saturated heterocycles. The quantitative estimate of drug-likeness (QED) is 0.316. The SMILES string of the molecule is CCN=C/C=C(\N)C=O.Fc1cnccc1-c1ccc2c(c1NS)CCC2. The molecule has 27 heavy (non-hydrogen) atoms. The minimum atomic E-state index is -0.305. The Hall–Kier alpha value is -2.67. The van der Waals surface area contributed by atoms with Crippen molar-refractivity contribution in [1.82, 2.24) is 4.98 Å². The number of hydrogen-bond donors (Lipinski definition) is 3. The number of aldehydes is 1. The number of pyridine rings is 1. The lowest BCUT2D eigenvalue weighted by molar-refractivity contribution is -0.104. The fourth-order valence-corrected chi connectivity index (χ4v) is 3.15. The number of aryl methyl sites for hydroxylation is 1. The van der Waals surface area contributed by atoms with Gasteiger partial charge in [-0.15, -0.1) is 0 Å². The summed E-state index contributed by atoms with van der Waals surface area (Å²) < 4.78 is 16.8. The third-order valence-electron chi connectivity index (χ3n) is 4.15.